The van der Waals surface area contributed by atoms with Crippen LogP contribution in [0.5, 0.6) is 5.75 Å². The van der Waals surface area contributed by atoms with Crippen molar-refractivity contribution in [2.45, 2.75) is 18.5 Å². The van der Waals surface area contributed by atoms with Crippen molar-refractivity contribution in [2.24, 2.45) is 0 Å². The summed E-state index contributed by atoms with van der Waals surface area (Å²) in [5, 5.41) is 8.70. The largest absolute Gasteiger partial charge is 0.470 e. The molecule has 0 amide bonds. The maximum absolute atomic E-state index is 12.3. The fourth-order valence-corrected chi connectivity index (χ4v) is 1.59. The Morgan fingerprint density at radius 3 is 2.05 bits per heavy atom. The predicted molar refractivity (Wildman–Crippen MR) is 55.4 cm³/mol. The Labute approximate surface area is 111 Å². The Morgan fingerprint density at radius 2 is 1.63 bits per heavy atom. The monoisotopic (exact) mass is 347 g/mol. The second-order valence-electron chi connectivity index (χ2n) is 3.31. The second-order valence-corrected chi connectivity index (χ2v) is 4.16. The summed E-state index contributed by atoms with van der Waals surface area (Å²) in [6.45, 7) is 0. The number of nitrogens with zero attached hydrogens (tertiary/aromatic N) is 1. The van der Waals surface area contributed by atoms with Crippen LogP contribution in [0.4, 0.5) is 26.3 Å². The minimum Gasteiger partial charge on any atom is -0.470 e. The summed E-state index contributed by atoms with van der Waals surface area (Å²) in [7, 11) is 0. The van der Waals surface area contributed by atoms with Crippen molar-refractivity contribution in [2.75, 3.05) is 0 Å². The van der Waals surface area contributed by atoms with Gasteiger partial charge in [-0.3, -0.25) is 0 Å². The summed E-state index contributed by atoms with van der Waals surface area (Å²) in [5.41, 5.74) is -0.444. The summed E-state index contributed by atoms with van der Waals surface area (Å²) >= 11 is 2.83. The maximum atomic E-state index is 12.3. The molecule has 0 heterocycles. The average molecular weight is 348 g/mol. The van der Waals surface area contributed by atoms with E-state index in [4.69, 9.17) is 5.26 Å². The number of hydrogen-bond donors (Lipinski definition) is 0. The highest BCUT2D eigenvalue weighted by Crippen LogP contribution is 2.38. The van der Waals surface area contributed by atoms with Gasteiger partial charge in [-0.05, 0) is 28.1 Å². The van der Waals surface area contributed by atoms with Gasteiger partial charge in [0.15, 0.2) is 0 Å². The van der Waals surface area contributed by atoms with E-state index < -0.39 is 29.8 Å². The minimum atomic E-state index is -5.63. The predicted octanol–water partition coefficient (Wildman–Crippen LogP) is 4.19. The molecule has 0 aliphatic carbocycles. The number of rotatable bonds is 2. The molecule has 104 valence electrons. The molecule has 0 unspecified atom stereocenters. The van der Waals surface area contributed by atoms with E-state index in [1.807, 2.05) is 0 Å². The minimum absolute atomic E-state index is 0.0376. The molecule has 1 aromatic rings. The standard InChI is InChI=1S/C10H4BrF6NO/c11-6-2-1-3-7(5(6)4-18)19-8(9(12,13)14)10(15,16)17/h1-3,8H. The van der Waals surface area contributed by atoms with E-state index in [1.165, 1.54) is 12.1 Å². The zero-order valence-electron chi connectivity index (χ0n) is 8.81. The van der Waals surface area contributed by atoms with Gasteiger partial charge in [-0.25, -0.2) is 0 Å². The second kappa shape index (κ2) is 5.28. The van der Waals surface area contributed by atoms with Crippen LogP contribution >= 0.6 is 15.9 Å². The summed E-state index contributed by atoms with van der Waals surface area (Å²) < 4.78 is 77.8. The Bertz CT molecular complexity index is 490. The summed E-state index contributed by atoms with van der Waals surface area (Å²) in [5.74, 6) is -0.795. The Balaban J connectivity index is 3.20. The van der Waals surface area contributed by atoms with Crippen molar-refractivity contribution < 1.29 is 31.1 Å². The number of halogens is 7. The van der Waals surface area contributed by atoms with E-state index in [-0.39, 0.29) is 4.47 Å². The van der Waals surface area contributed by atoms with Gasteiger partial charge in [0.25, 0.3) is 6.10 Å². The topological polar surface area (TPSA) is 33.0 Å². The first kappa shape index (κ1) is 15.6. The molecule has 0 saturated carbocycles. The molecule has 0 spiro atoms. The van der Waals surface area contributed by atoms with Gasteiger partial charge in [-0.1, -0.05) is 6.07 Å². The number of ether oxygens (including phenoxy) is 1. The first-order valence-corrected chi connectivity index (χ1v) is 5.35. The number of hydrogen-bond acceptors (Lipinski definition) is 2. The van der Waals surface area contributed by atoms with Gasteiger partial charge < -0.3 is 4.74 Å². The van der Waals surface area contributed by atoms with Gasteiger partial charge >= 0.3 is 12.4 Å². The van der Waals surface area contributed by atoms with E-state index in [1.54, 1.807) is 0 Å². The van der Waals surface area contributed by atoms with Crippen molar-refractivity contribution in [1.82, 2.24) is 0 Å². The normalized spacial score (nSPS) is 12.4. The molecule has 0 atom stereocenters. The quantitative estimate of drug-likeness (QED) is 0.751. The van der Waals surface area contributed by atoms with Gasteiger partial charge in [-0.2, -0.15) is 31.6 Å². The fraction of sp³-hybridized carbons (Fsp3) is 0.300. The Kier molecular flexibility index (Phi) is 4.35. The average Bonchev–Trinajstić information content (AvgIpc) is 2.22. The lowest BCUT2D eigenvalue weighted by Gasteiger charge is -2.24. The molecule has 0 bridgehead atoms. The Morgan fingerprint density at radius 1 is 1.11 bits per heavy atom. The van der Waals surface area contributed by atoms with Gasteiger partial charge in [0.05, 0.1) is 0 Å². The lowest BCUT2D eigenvalue weighted by molar-refractivity contribution is -0.299. The van der Waals surface area contributed by atoms with Crippen LogP contribution in [0.1, 0.15) is 5.56 Å². The third kappa shape index (κ3) is 3.76. The van der Waals surface area contributed by atoms with E-state index in [2.05, 4.69) is 20.7 Å². The highest BCUT2D eigenvalue weighted by atomic mass is 79.9. The molecule has 0 saturated heterocycles. The lowest BCUT2D eigenvalue weighted by atomic mass is 10.2. The Hall–Kier alpha value is -1.43. The van der Waals surface area contributed by atoms with Gasteiger partial charge in [0, 0.05) is 4.47 Å². The summed E-state index contributed by atoms with van der Waals surface area (Å²) in [4.78, 5) is 0. The number of alkyl halides is 6. The van der Waals surface area contributed by atoms with Crippen LogP contribution in [0.2, 0.25) is 0 Å². The summed E-state index contributed by atoms with van der Waals surface area (Å²) in [6.07, 6.45) is -15.2. The smallest absolute Gasteiger partial charge is 0.434 e. The fourth-order valence-electron chi connectivity index (χ4n) is 1.16. The van der Waals surface area contributed by atoms with Crippen molar-refractivity contribution in [3.8, 4) is 11.8 Å². The van der Waals surface area contributed by atoms with Gasteiger partial charge in [-0.15, -0.1) is 0 Å². The molecular formula is C10H4BrF6NO. The van der Waals surface area contributed by atoms with Crippen LogP contribution in [0.15, 0.2) is 22.7 Å². The maximum Gasteiger partial charge on any atom is 0.434 e. The molecule has 0 fully saturated rings. The van der Waals surface area contributed by atoms with Crippen molar-refractivity contribution in [3.63, 3.8) is 0 Å². The third-order valence-corrected chi connectivity index (χ3v) is 2.59. The van der Waals surface area contributed by atoms with Crippen LogP contribution in [0.25, 0.3) is 0 Å². The first-order chi connectivity index (χ1) is 8.57. The molecule has 0 N–H and O–H groups in total. The molecule has 1 rings (SSSR count). The molecule has 1 aromatic carbocycles. The van der Waals surface area contributed by atoms with Crippen molar-refractivity contribution >= 4 is 15.9 Å². The molecular weight excluding hydrogens is 344 g/mol. The number of benzene rings is 1. The molecule has 2 nitrogen and oxygen atoms in total. The molecule has 0 radical (unpaired) electrons. The van der Waals surface area contributed by atoms with E-state index >= 15 is 0 Å². The van der Waals surface area contributed by atoms with Crippen LogP contribution < -0.4 is 4.74 Å². The van der Waals surface area contributed by atoms with Gasteiger partial charge in [0.1, 0.15) is 17.4 Å². The third-order valence-electron chi connectivity index (χ3n) is 1.93. The molecule has 0 aliphatic heterocycles. The SMILES string of the molecule is N#Cc1c(Br)cccc1OC(C(F)(F)F)C(F)(F)F. The van der Waals surface area contributed by atoms with Crippen LogP contribution in [-0.2, 0) is 0 Å². The van der Waals surface area contributed by atoms with Gasteiger partial charge in [0.2, 0.25) is 0 Å². The van der Waals surface area contributed by atoms with Crippen molar-refractivity contribution in [3.05, 3.63) is 28.2 Å². The van der Waals surface area contributed by atoms with E-state index in [0.29, 0.717) is 0 Å². The van der Waals surface area contributed by atoms with Crippen molar-refractivity contribution in [1.29, 1.82) is 5.26 Å². The molecule has 0 aliphatic rings. The lowest BCUT2D eigenvalue weighted by Crippen LogP contribution is -2.46. The zero-order chi connectivity index (χ0) is 14.8. The van der Waals surface area contributed by atoms with Crippen LogP contribution in [0.3, 0.4) is 0 Å². The highest BCUT2D eigenvalue weighted by molar-refractivity contribution is 9.10. The van der Waals surface area contributed by atoms with E-state index in [0.717, 1.165) is 12.1 Å². The van der Waals surface area contributed by atoms with Crippen LogP contribution in [-0.4, -0.2) is 18.5 Å². The number of nitriles is 1. The van der Waals surface area contributed by atoms with E-state index in [9.17, 15) is 26.3 Å². The summed E-state index contributed by atoms with van der Waals surface area (Å²) in [6, 6.07) is 4.77. The zero-order valence-corrected chi connectivity index (χ0v) is 10.4. The van der Waals surface area contributed by atoms with Crippen LogP contribution in [0, 0.1) is 11.3 Å². The molecule has 0 aromatic heterocycles. The highest BCUT2D eigenvalue weighted by Gasteiger charge is 2.59. The molecule has 19 heavy (non-hydrogen) atoms. The molecule has 9 heteroatoms. The first-order valence-electron chi connectivity index (χ1n) is 4.56.